The Morgan fingerprint density at radius 3 is 2.74 bits per heavy atom. The molecule has 7 rings (SSSR count). The van der Waals surface area contributed by atoms with E-state index in [0.29, 0.717) is 33.8 Å². The lowest BCUT2D eigenvalue weighted by molar-refractivity contribution is 0.628. The van der Waals surface area contributed by atoms with Crippen molar-refractivity contribution in [2.24, 2.45) is 12.8 Å². The molecule has 1 atom stereocenters. The quantitative estimate of drug-likeness (QED) is 0.307. The van der Waals surface area contributed by atoms with E-state index in [0.717, 1.165) is 35.2 Å². The van der Waals surface area contributed by atoms with Crippen LogP contribution in [-0.2, 0) is 7.05 Å². The number of H-pyrrole nitrogens is 1. The Hall–Kier alpha value is -5.47. The summed E-state index contributed by atoms with van der Waals surface area (Å²) in [6.45, 7) is 0. The highest BCUT2D eigenvalue weighted by Crippen LogP contribution is 2.42. The molecule has 1 aromatic carbocycles. The molecule has 1 unspecified atom stereocenters. The summed E-state index contributed by atoms with van der Waals surface area (Å²) in [4.78, 5) is 26.1. The summed E-state index contributed by atoms with van der Waals surface area (Å²) >= 11 is 0. The molecule has 0 amide bonds. The number of pyridine rings is 3. The van der Waals surface area contributed by atoms with Crippen LogP contribution in [0.3, 0.4) is 0 Å². The number of benzene rings is 1. The van der Waals surface area contributed by atoms with Crippen LogP contribution in [0, 0.1) is 17.1 Å². The van der Waals surface area contributed by atoms with Gasteiger partial charge in [0.1, 0.15) is 29.5 Å². The second-order valence-corrected chi connectivity index (χ2v) is 10.5. The number of aryl methyl sites for hydroxylation is 1. The topological polar surface area (TPSA) is 144 Å². The fourth-order valence-corrected chi connectivity index (χ4v) is 5.28. The maximum atomic E-state index is 14.4. The van der Waals surface area contributed by atoms with Gasteiger partial charge in [-0.25, -0.2) is 9.37 Å². The number of aromatic amines is 1. The third kappa shape index (κ3) is 4.34. The molecule has 1 fully saturated rings. The highest BCUT2D eigenvalue weighted by molar-refractivity contribution is 5.86. The maximum Gasteiger partial charge on any atom is 0.280 e. The van der Waals surface area contributed by atoms with Gasteiger partial charge in [-0.3, -0.25) is 14.3 Å². The van der Waals surface area contributed by atoms with E-state index in [4.69, 9.17) is 10.7 Å². The second-order valence-electron chi connectivity index (χ2n) is 10.5. The molecule has 1 saturated carbocycles. The zero-order valence-electron chi connectivity index (χ0n) is 22.5. The summed E-state index contributed by atoms with van der Waals surface area (Å²) in [5, 5.41) is 18.7. The van der Waals surface area contributed by atoms with E-state index in [1.165, 1.54) is 22.9 Å². The predicted molar refractivity (Wildman–Crippen MR) is 154 cm³/mol. The van der Waals surface area contributed by atoms with E-state index >= 15 is 0 Å². The molecule has 0 bridgehead atoms. The van der Waals surface area contributed by atoms with Crippen LogP contribution in [-0.4, -0.2) is 34.3 Å². The highest BCUT2D eigenvalue weighted by Gasteiger charge is 2.27. The van der Waals surface area contributed by atoms with E-state index in [-0.39, 0.29) is 17.0 Å². The van der Waals surface area contributed by atoms with Crippen LogP contribution in [0.2, 0.25) is 0 Å². The van der Waals surface area contributed by atoms with Crippen LogP contribution in [0.15, 0.2) is 78.2 Å². The summed E-state index contributed by atoms with van der Waals surface area (Å²) in [5.41, 5.74) is 10.9. The molecule has 0 aliphatic heterocycles. The normalized spacial score (nSPS) is 13.8. The number of nitriles is 1. The number of halogens is 1. The van der Waals surface area contributed by atoms with E-state index in [1.54, 1.807) is 54.6 Å². The first-order chi connectivity index (χ1) is 20.4. The molecule has 42 heavy (non-hydrogen) atoms. The molecule has 1 aliphatic rings. The maximum absolute atomic E-state index is 14.4. The first-order valence-corrected chi connectivity index (χ1v) is 13.4. The number of aromatic nitrogens is 7. The molecule has 5 heterocycles. The van der Waals surface area contributed by atoms with Crippen LogP contribution in [0.4, 0.5) is 4.39 Å². The van der Waals surface area contributed by atoms with Crippen molar-refractivity contribution in [1.82, 2.24) is 34.3 Å². The van der Waals surface area contributed by atoms with Gasteiger partial charge in [0, 0.05) is 53.9 Å². The molecule has 5 aromatic heterocycles. The van der Waals surface area contributed by atoms with Gasteiger partial charge in [0.05, 0.1) is 11.6 Å². The van der Waals surface area contributed by atoms with Gasteiger partial charge in [0.2, 0.25) is 0 Å². The molecule has 6 aromatic rings. The molecule has 206 valence electrons. The zero-order chi connectivity index (χ0) is 29.0. The molecule has 0 radical (unpaired) electrons. The number of nitrogens with zero attached hydrogens (tertiary/aromatic N) is 7. The van der Waals surface area contributed by atoms with Crippen molar-refractivity contribution in [2.75, 3.05) is 0 Å². The standard InChI is InChI=1S/C31H24FN9O/c1-40-16-36-39-30(40)24-11-21(32)6-7-22(24)19-9-25(17-4-5-17)37-27(10-19)41-15-20(13-33)23-12-26(38-29(23)31(41)42)28(34)18-3-2-8-35-14-18/h2-3,6-12,14-17,28,38H,4-5,34H2,1H3. The molecule has 3 N–H and O–H groups in total. The number of fused-ring (bicyclic) bond motifs is 1. The summed E-state index contributed by atoms with van der Waals surface area (Å²) in [6, 6.07) is 15.3. The number of rotatable bonds is 6. The monoisotopic (exact) mass is 557 g/mol. The van der Waals surface area contributed by atoms with Gasteiger partial charge in [-0.15, -0.1) is 10.2 Å². The van der Waals surface area contributed by atoms with Gasteiger partial charge in [-0.05, 0) is 65.9 Å². The van der Waals surface area contributed by atoms with Gasteiger partial charge in [0.25, 0.3) is 5.56 Å². The van der Waals surface area contributed by atoms with Gasteiger partial charge in [0.15, 0.2) is 5.82 Å². The van der Waals surface area contributed by atoms with Crippen molar-refractivity contribution in [3.63, 3.8) is 0 Å². The molecular formula is C31H24FN9O. The molecule has 11 heteroatoms. The first kappa shape index (κ1) is 25.5. The van der Waals surface area contributed by atoms with Crippen molar-refractivity contribution in [1.29, 1.82) is 5.26 Å². The third-order valence-electron chi connectivity index (χ3n) is 7.64. The molecular weight excluding hydrogens is 533 g/mol. The summed E-state index contributed by atoms with van der Waals surface area (Å²) < 4.78 is 17.5. The van der Waals surface area contributed by atoms with Crippen molar-refractivity contribution in [3.8, 4) is 34.4 Å². The minimum absolute atomic E-state index is 0.255. The Balaban J connectivity index is 1.41. The minimum atomic E-state index is -0.564. The van der Waals surface area contributed by atoms with Gasteiger partial charge >= 0.3 is 0 Å². The average Bonchev–Trinajstić information content (AvgIpc) is 3.62. The lowest BCUT2D eigenvalue weighted by Gasteiger charge is -2.14. The highest BCUT2D eigenvalue weighted by atomic mass is 19.1. The van der Waals surface area contributed by atoms with Crippen LogP contribution in [0.1, 0.15) is 47.3 Å². The molecule has 0 saturated heterocycles. The van der Waals surface area contributed by atoms with E-state index in [9.17, 15) is 14.4 Å². The van der Waals surface area contributed by atoms with Crippen LogP contribution in [0.25, 0.3) is 39.2 Å². The van der Waals surface area contributed by atoms with Crippen molar-refractivity contribution in [2.45, 2.75) is 24.8 Å². The van der Waals surface area contributed by atoms with E-state index in [2.05, 4.69) is 26.2 Å². The summed E-state index contributed by atoms with van der Waals surface area (Å²) in [6.07, 6.45) is 8.36. The van der Waals surface area contributed by atoms with Gasteiger partial charge in [-0.1, -0.05) is 12.1 Å². The Kier molecular flexibility index (Phi) is 5.99. The fraction of sp³-hybridized carbons (Fsp3) is 0.161. The smallest absolute Gasteiger partial charge is 0.280 e. The Morgan fingerprint density at radius 1 is 1.17 bits per heavy atom. The second kappa shape index (κ2) is 9.87. The lowest BCUT2D eigenvalue weighted by Crippen LogP contribution is -2.20. The fourth-order valence-electron chi connectivity index (χ4n) is 5.28. The SMILES string of the molecule is Cn1cnnc1-c1cc(F)ccc1-c1cc(C2CC2)nc(-n2cc(C#N)c3cc(C(N)c4cccnc4)[nH]c3c2=O)c1. The summed E-state index contributed by atoms with van der Waals surface area (Å²) in [5.74, 6) is 0.719. The number of nitrogens with two attached hydrogens (primary N) is 1. The van der Waals surface area contributed by atoms with Crippen LogP contribution >= 0.6 is 0 Å². The number of nitrogens with one attached hydrogen (secondary N) is 1. The number of hydrogen-bond donors (Lipinski definition) is 2. The van der Waals surface area contributed by atoms with Crippen molar-refractivity contribution >= 4 is 10.9 Å². The first-order valence-electron chi connectivity index (χ1n) is 13.4. The van der Waals surface area contributed by atoms with E-state index < -0.39 is 11.9 Å². The van der Waals surface area contributed by atoms with Crippen LogP contribution < -0.4 is 11.3 Å². The lowest BCUT2D eigenvalue weighted by atomic mass is 9.98. The summed E-state index contributed by atoms with van der Waals surface area (Å²) in [7, 11) is 1.79. The largest absolute Gasteiger partial charge is 0.352 e. The van der Waals surface area contributed by atoms with E-state index in [1.807, 2.05) is 12.1 Å². The number of hydrogen-bond acceptors (Lipinski definition) is 7. The van der Waals surface area contributed by atoms with Crippen LogP contribution in [0.5, 0.6) is 0 Å². The molecule has 10 nitrogen and oxygen atoms in total. The molecule has 1 aliphatic carbocycles. The van der Waals surface area contributed by atoms with Gasteiger partial charge in [-0.2, -0.15) is 5.26 Å². The van der Waals surface area contributed by atoms with Crippen molar-refractivity contribution in [3.05, 3.63) is 112 Å². The minimum Gasteiger partial charge on any atom is -0.352 e. The zero-order valence-corrected chi connectivity index (χ0v) is 22.5. The average molecular weight is 558 g/mol. The Bertz CT molecular complexity index is 2080. The predicted octanol–water partition coefficient (Wildman–Crippen LogP) is 4.51. The third-order valence-corrected chi connectivity index (χ3v) is 7.64. The Morgan fingerprint density at radius 2 is 2.02 bits per heavy atom. The van der Waals surface area contributed by atoms with Crippen molar-refractivity contribution < 1.29 is 4.39 Å². The molecule has 0 spiro atoms. The Labute approximate surface area is 238 Å². The van der Waals surface area contributed by atoms with Gasteiger partial charge < -0.3 is 15.3 Å².